The monoisotopic (exact) mass is 307 g/mol. The first-order chi connectivity index (χ1) is 10.7. The molecule has 1 aromatic carbocycles. The highest BCUT2D eigenvalue weighted by atomic mass is 16.7. The zero-order valence-electron chi connectivity index (χ0n) is 13.0. The zero-order chi connectivity index (χ0) is 15.9. The van der Waals surface area contributed by atoms with Gasteiger partial charge in [-0.1, -0.05) is 35.4 Å². The van der Waals surface area contributed by atoms with Crippen LogP contribution in [0.1, 0.15) is 12.5 Å². The molecule has 1 aliphatic rings. The van der Waals surface area contributed by atoms with Crippen LogP contribution in [0.2, 0.25) is 0 Å². The van der Waals surface area contributed by atoms with Crippen molar-refractivity contribution < 1.29 is 18.9 Å². The molecule has 2 rings (SSSR count). The Hall–Kier alpha value is -1.63. The van der Waals surface area contributed by atoms with Gasteiger partial charge in [0, 0.05) is 19.1 Å². The van der Waals surface area contributed by atoms with E-state index in [4.69, 9.17) is 24.5 Å². The minimum Gasteiger partial charge on any atom is -0.373 e. The van der Waals surface area contributed by atoms with Gasteiger partial charge in [0.05, 0.1) is 18.8 Å². The predicted octanol–water partition coefficient (Wildman–Crippen LogP) is 2.66. The minimum absolute atomic E-state index is 0.326. The Balaban J connectivity index is 2.17. The summed E-state index contributed by atoms with van der Waals surface area (Å²) >= 11 is 0. The Morgan fingerprint density at radius 2 is 1.91 bits per heavy atom. The first kappa shape index (κ1) is 16.7. The zero-order valence-corrected chi connectivity index (χ0v) is 13.0. The Labute approximate surface area is 129 Å². The van der Waals surface area contributed by atoms with Gasteiger partial charge in [0.2, 0.25) is 0 Å². The van der Waals surface area contributed by atoms with Crippen LogP contribution < -0.4 is 0 Å². The maximum atomic E-state index is 8.80. The molecular formula is C15H21N3O4. The van der Waals surface area contributed by atoms with Crippen LogP contribution in [0.4, 0.5) is 0 Å². The lowest BCUT2D eigenvalue weighted by atomic mass is 9.97. The summed E-state index contributed by atoms with van der Waals surface area (Å²) in [5.74, 6) is 0. The molecule has 5 atom stereocenters. The molecule has 22 heavy (non-hydrogen) atoms. The number of hydrogen-bond donors (Lipinski definition) is 0. The van der Waals surface area contributed by atoms with Crippen LogP contribution in [-0.4, -0.2) is 44.9 Å². The van der Waals surface area contributed by atoms with Gasteiger partial charge < -0.3 is 18.9 Å². The molecule has 0 saturated carbocycles. The molecule has 0 spiro atoms. The molecule has 1 fully saturated rings. The molecule has 0 bridgehead atoms. The van der Waals surface area contributed by atoms with E-state index < -0.39 is 24.5 Å². The first-order valence-corrected chi connectivity index (χ1v) is 7.12. The summed E-state index contributed by atoms with van der Waals surface area (Å²) in [6, 6.07) is 9.30. The third-order valence-corrected chi connectivity index (χ3v) is 3.73. The van der Waals surface area contributed by atoms with Crippen molar-refractivity contribution in [3.63, 3.8) is 0 Å². The molecule has 7 heteroatoms. The van der Waals surface area contributed by atoms with Gasteiger partial charge in [0.15, 0.2) is 6.29 Å². The molecule has 0 radical (unpaired) electrons. The highest BCUT2D eigenvalue weighted by Gasteiger charge is 2.45. The normalized spacial score (nSPS) is 31.5. The number of nitrogens with zero attached hydrogens (tertiary/aromatic N) is 3. The lowest BCUT2D eigenvalue weighted by Crippen LogP contribution is -2.58. The number of azide groups is 1. The molecule has 5 unspecified atom stereocenters. The summed E-state index contributed by atoms with van der Waals surface area (Å²) in [4.78, 5) is 2.90. The summed E-state index contributed by atoms with van der Waals surface area (Å²) in [6.07, 6.45) is -1.81. The van der Waals surface area contributed by atoms with Crippen molar-refractivity contribution in [3.05, 3.63) is 46.3 Å². The van der Waals surface area contributed by atoms with Crippen molar-refractivity contribution in [3.8, 4) is 0 Å². The summed E-state index contributed by atoms with van der Waals surface area (Å²) in [7, 11) is 3.10. The van der Waals surface area contributed by atoms with Gasteiger partial charge in [-0.3, -0.25) is 0 Å². The molecule has 0 aromatic heterocycles. The van der Waals surface area contributed by atoms with E-state index in [0.717, 1.165) is 5.56 Å². The highest BCUT2D eigenvalue weighted by molar-refractivity contribution is 5.13. The third kappa shape index (κ3) is 3.76. The van der Waals surface area contributed by atoms with Gasteiger partial charge in [-0.05, 0) is 18.0 Å². The highest BCUT2D eigenvalue weighted by Crippen LogP contribution is 2.28. The predicted molar refractivity (Wildman–Crippen MR) is 80.1 cm³/mol. The van der Waals surface area contributed by atoms with Gasteiger partial charge in [0.25, 0.3) is 0 Å². The number of ether oxygens (including phenoxy) is 4. The quantitative estimate of drug-likeness (QED) is 0.459. The van der Waals surface area contributed by atoms with Crippen LogP contribution in [0.3, 0.4) is 0 Å². The van der Waals surface area contributed by atoms with Crippen molar-refractivity contribution in [1.29, 1.82) is 0 Å². The van der Waals surface area contributed by atoms with E-state index in [0.29, 0.717) is 6.61 Å². The van der Waals surface area contributed by atoms with Gasteiger partial charge in [-0.25, -0.2) is 0 Å². The molecule has 1 aromatic rings. The molecule has 0 aliphatic carbocycles. The van der Waals surface area contributed by atoms with Crippen molar-refractivity contribution in [1.82, 2.24) is 0 Å². The topological polar surface area (TPSA) is 85.7 Å². The van der Waals surface area contributed by atoms with Gasteiger partial charge in [0.1, 0.15) is 12.2 Å². The van der Waals surface area contributed by atoms with Crippen LogP contribution in [0.5, 0.6) is 0 Å². The number of rotatable bonds is 6. The van der Waals surface area contributed by atoms with Gasteiger partial charge >= 0.3 is 0 Å². The number of methoxy groups -OCH3 is 2. The second-order valence-electron chi connectivity index (χ2n) is 5.10. The van der Waals surface area contributed by atoms with E-state index >= 15 is 0 Å². The molecule has 7 nitrogen and oxygen atoms in total. The van der Waals surface area contributed by atoms with Crippen LogP contribution in [0.25, 0.3) is 10.4 Å². The Morgan fingerprint density at radius 3 is 2.50 bits per heavy atom. The van der Waals surface area contributed by atoms with E-state index in [2.05, 4.69) is 10.0 Å². The fourth-order valence-electron chi connectivity index (χ4n) is 2.60. The maximum Gasteiger partial charge on any atom is 0.186 e. The summed E-state index contributed by atoms with van der Waals surface area (Å²) < 4.78 is 22.5. The second-order valence-corrected chi connectivity index (χ2v) is 5.10. The molecule has 1 aliphatic heterocycles. The smallest absolute Gasteiger partial charge is 0.186 e. The molecule has 120 valence electrons. The van der Waals surface area contributed by atoms with Crippen LogP contribution in [0.15, 0.2) is 35.4 Å². The minimum atomic E-state index is -0.564. The third-order valence-electron chi connectivity index (χ3n) is 3.73. The van der Waals surface area contributed by atoms with E-state index in [9.17, 15) is 0 Å². The Morgan fingerprint density at radius 1 is 1.18 bits per heavy atom. The fourth-order valence-corrected chi connectivity index (χ4v) is 2.60. The Bertz CT molecular complexity index is 507. The lowest BCUT2D eigenvalue weighted by Gasteiger charge is -2.42. The average Bonchev–Trinajstić information content (AvgIpc) is 2.55. The summed E-state index contributed by atoms with van der Waals surface area (Å²) in [5.41, 5.74) is 9.83. The van der Waals surface area contributed by atoms with Crippen molar-refractivity contribution in [2.45, 2.75) is 44.2 Å². The van der Waals surface area contributed by atoms with E-state index in [-0.39, 0.29) is 6.10 Å². The van der Waals surface area contributed by atoms with Crippen LogP contribution in [-0.2, 0) is 25.6 Å². The van der Waals surface area contributed by atoms with E-state index in [1.807, 2.05) is 37.3 Å². The van der Waals surface area contributed by atoms with Gasteiger partial charge in [-0.2, -0.15) is 0 Å². The maximum absolute atomic E-state index is 8.80. The van der Waals surface area contributed by atoms with Crippen molar-refractivity contribution in [2.24, 2.45) is 5.11 Å². The first-order valence-electron chi connectivity index (χ1n) is 7.12. The largest absolute Gasteiger partial charge is 0.373 e. The summed E-state index contributed by atoms with van der Waals surface area (Å²) in [6.45, 7) is 2.22. The number of hydrogen-bond acceptors (Lipinski definition) is 5. The average molecular weight is 307 g/mol. The SMILES string of the molecule is COC1OC(C)C(N=[N+]=[N-])C(OCc2ccccc2)C1OC. The molecular weight excluding hydrogens is 286 g/mol. The summed E-state index contributed by atoms with van der Waals surface area (Å²) in [5, 5.41) is 3.82. The lowest BCUT2D eigenvalue weighted by molar-refractivity contribution is -0.275. The molecule has 0 N–H and O–H groups in total. The van der Waals surface area contributed by atoms with Crippen LogP contribution >= 0.6 is 0 Å². The molecule has 1 saturated heterocycles. The molecule has 1 heterocycles. The van der Waals surface area contributed by atoms with Crippen molar-refractivity contribution >= 4 is 0 Å². The fraction of sp³-hybridized carbons (Fsp3) is 0.600. The Kier molecular flexibility index (Phi) is 6.18. The van der Waals surface area contributed by atoms with E-state index in [1.165, 1.54) is 0 Å². The molecule has 0 amide bonds. The van der Waals surface area contributed by atoms with Crippen LogP contribution in [0, 0.1) is 0 Å². The van der Waals surface area contributed by atoms with E-state index in [1.54, 1.807) is 14.2 Å². The number of benzene rings is 1. The standard InChI is InChI=1S/C15H21N3O4/c1-10-12(17-18-16)13(14(19-2)15(20-3)22-10)21-9-11-7-5-4-6-8-11/h4-8,10,12-15H,9H2,1-3H3. The van der Waals surface area contributed by atoms with Gasteiger partial charge in [-0.15, -0.1) is 0 Å². The second kappa shape index (κ2) is 8.12. The van der Waals surface area contributed by atoms with Crippen molar-refractivity contribution in [2.75, 3.05) is 14.2 Å².